The molecule has 8 nitrogen and oxygen atoms in total. The van der Waals surface area contributed by atoms with E-state index in [0.29, 0.717) is 32.2 Å². The fourth-order valence-corrected chi connectivity index (χ4v) is 7.54. The number of carbonyl (C=O) groups excluding carboxylic acids is 3. The molecule has 8 heteroatoms. The maximum absolute atomic E-state index is 14.8. The minimum absolute atomic E-state index is 0.0104. The van der Waals surface area contributed by atoms with Crippen molar-refractivity contribution in [1.82, 2.24) is 4.90 Å². The minimum atomic E-state index is -1.14. The molecular weight excluding hydrogens is 542 g/mol. The normalized spacial score (nSPS) is 27.2. The third-order valence-corrected chi connectivity index (χ3v) is 9.46. The summed E-state index contributed by atoms with van der Waals surface area (Å²) in [6.07, 6.45) is 5.45. The molecule has 1 N–H and O–H groups in total. The van der Waals surface area contributed by atoms with Crippen LogP contribution in [-0.2, 0) is 19.1 Å². The molecule has 2 bridgehead atoms. The van der Waals surface area contributed by atoms with Crippen LogP contribution in [0.2, 0.25) is 0 Å². The number of unbranched alkanes of at least 4 members (excludes halogenated alkanes) is 1. The number of hydrogen-bond donors (Lipinski definition) is 1. The van der Waals surface area contributed by atoms with Gasteiger partial charge in [-0.05, 0) is 75.8 Å². The zero-order chi connectivity index (χ0) is 30.9. The highest BCUT2D eigenvalue weighted by Crippen LogP contribution is 2.63. The monoisotopic (exact) mass is 585 g/mol. The minimum Gasteiger partial charge on any atom is -0.396 e. The number of amides is 3. The third-order valence-electron chi connectivity index (χ3n) is 9.46. The molecule has 0 radical (unpaired) electrons. The molecule has 3 heterocycles. The van der Waals surface area contributed by atoms with Crippen molar-refractivity contribution in [2.24, 2.45) is 11.8 Å². The summed E-state index contributed by atoms with van der Waals surface area (Å²) >= 11 is 0. The van der Waals surface area contributed by atoms with Crippen LogP contribution in [0.4, 0.5) is 11.4 Å². The summed E-state index contributed by atoms with van der Waals surface area (Å²) in [6.45, 7) is 14.5. The summed E-state index contributed by atoms with van der Waals surface area (Å²) in [5.41, 5.74) is 1.39. The summed E-state index contributed by atoms with van der Waals surface area (Å²) in [7, 11) is 0. The van der Waals surface area contributed by atoms with Gasteiger partial charge in [0.25, 0.3) is 5.91 Å². The number of hydrogen-bond acceptors (Lipinski definition) is 5. The number of rotatable bonds is 12. The Balaban J connectivity index is 1.60. The molecular formula is C35H43N3O5. The number of aryl methyl sites for hydroxylation is 2. The molecule has 3 aliphatic heterocycles. The summed E-state index contributed by atoms with van der Waals surface area (Å²) in [5, 5.41) is 9.51. The van der Waals surface area contributed by atoms with Gasteiger partial charge in [0.2, 0.25) is 11.8 Å². The van der Waals surface area contributed by atoms with E-state index in [1.54, 1.807) is 26.9 Å². The molecule has 0 aliphatic carbocycles. The van der Waals surface area contributed by atoms with E-state index in [-0.39, 0.29) is 37.4 Å². The van der Waals surface area contributed by atoms with Crippen LogP contribution in [-0.4, -0.2) is 71.2 Å². The SMILES string of the molecule is C=CCN(C(=O)[C@@H]1[C@H]2C(=O)N(CCCCO)C(C(=O)N(CC=C)c3cc(C)ccc3C)C23CC[C@@]1(C)O3)c1ccccc1. The number of fused-ring (bicyclic) bond motifs is 1. The molecule has 5 atom stereocenters. The Hall–Kier alpha value is -3.75. The predicted octanol–water partition coefficient (Wildman–Crippen LogP) is 4.58. The van der Waals surface area contributed by atoms with E-state index in [9.17, 15) is 19.5 Å². The Bertz CT molecular complexity index is 1410. The molecule has 3 aliphatic rings. The van der Waals surface area contributed by atoms with Crippen LogP contribution in [0.25, 0.3) is 0 Å². The van der Waals surface area contributed by atoms with E-state index >= 15 is 0 Å². The second-order valence-corrected chi connectivity index (χ2v) is 12.3. The van der Waals surface area contributed by atoms with Crippen LogP contribution in [0.5, 0.6) is 0 Å². The topological polar surface area (TPSA) is 90.4 Å². The number of likely N-dealkylation sites (tertiary alicyclic amines) is 1. The maximum Gasteiger partial charge on any atom is 0.253 e. The van der Waals surface area contributed by atoms with E-state index in [1.165, 1.54) is 0 Å². The van der Waals surface area contributed by atoms with Crippen LogP contribution < -0.4 is 9.80 Å². The molecule has 2 aromatic rings. The molecule has 0 saturated carbocycles. The van der Waals surface area contributed by atoms with Crippen LogP contribution >= 0.6 is 0 Å². The quantitative estimate of drug-likeness (QED) is 0.291. The molecule has 3 amide bonds. The Morgan fingerprint density at radius 3 is 2.40 bits per heavy atom. The molecule has 0 aromatic heterocycles. The van der Waals surface area contributed by atoms with Crippen LogP contribution in [0, 0.1) is 25.7 Å². The zero-order valence-corrected chi connectivity index (χ0v) is 25.5. The predicted molar refractivity (Wildman–Crippen MR) is 168 cm³/mol. The smallest absolute Gasteiger partial charge is 0.253 e. The van der Waals surface area contributed by atoms with Gasteiger partial charge >= 0.3 is 0 Å². The lowest BCUT2D eigenvalue weighted by Crippen LogP contribution is -2.56. The number of nitrogens with zero attached hydrogens (tertiary/aromatic N) is 3. The van der Waals surface area contributed by atoms with Gasteiger partial charge in [-0.1, -0.05) is 42.5 Å². The average molecular weight is 586 g/mol. The Morgan fingerprint density at radius 2 is 1.72 bits per heavy atom. The first kappa shape index (κ1) is 30.7. The highest BCUT2D eigenvalue weighted by atomic mass is 16.5. The van der Waals surface area contributed by atoms with Gasteiger partial charge < -0.3 is 24.5 Å². The lowest BCUT2D eigenvalue weighted by Gasteiger charge is -2.37. The Kier molecular flexibility index (Phi) is 8.63. The summed E-state index contributed by atoms with van der Waals surface area (Å²) < 4.78 is 6.87. The maximum atomic E-state index is 14.8. The number of anilines is 2. The second-order valence-electron chi connectivity index (χ2n) is 12.3. The van der Waals surface area contributed by atoms with Gasteiger partial charge in [-0.2, -0.15) is 0 Å². The van der Waals surface area contributed by atoms with Crippen LogP contribution in [0.1, 0.15) is 43.7 Å². The molecule has 43 heavy (non-hydrogen) atoms. The highest BCUT2D eigenvalue weighted by molar-refractivity contribution is 6.07. The van der Waals surface area contributed by atoms with E-state index in [1.807, 2.05) is 69.3 Å². The van der Waals surface area contributed by atoms with Gasteiger partial charge in [-0.15, -0.1) is 13.2 Å². The molecule has 2 unspecified atom stereocenters. The van der Waals surface area contributed by atoms with E-state index in [4.69, 9.17) is 4.74 Å². The largest absolute Gasteiger partial charge is 0.396 e. The first-order valence-electron chi connectivity index (χ1n) is 15.2. The lowest BCUT2D eigenvalue weighted by molar-refractivity contribution is -0.144. The summed E-state index contributed by atoms with van der Waals surface area (Å²) in [6, 6.07) is 14.4. The fourth-order valence-electron chi connectivity index (χ4n) is 7.54. The molecule has 2 aromatic carbocycles. The molecule has 5 rings (SSSR count). The number of para-hydroxylation sites is 1. The summed E-state index contributed by atoms with van der Waals surface area (Å²) in [5.74, 6) is -2.24. The number of ether oxygens (including phenoxy) is 1. The van der Waals surface area contributed by atoms with Crippen molar-refractivity contribution in [2.75, 3.05) is 36.0 Å². The Labute approximate surface area is 254 Å². The number of carbonyl (C=O) groups is 3. The number of aliphatic hydroxyl groups is 1. The van der Waals surface area contributed by atoms with Crippen molar-refractivity contribution < 1.29 is 24.2 Å². The van der Waals surface area contributed by atoms with Crippen LogP contribution in [0.15, 0.2) is 73.8 Å². The first-order valence-corrected chi connectivity index (χ1v) is 15.2. The van der Waals surface area contributed by atoms with Gasteiger partial charge in [0.15, 0.2) is 0 Å². The van der Waals surface area contributed by atoms with Gasteiger partial charge in [0.1, 0.15) is 11.6 Å². The van der Waals surface area contributed by atoms with Crippen molar-refractivity contribution in [1.29, 1.82) is 0 Å². The van der Waals surface area contributed by atoms with Crippen LogP contribution in [0.3, 0.4) is 0 Å². The second kappa shape index (κ2) is 12.1. The van der Waals surface area contributed by atoms with Gasteiger partial charge in [0.05, 0.1) is 17.4 Å². The van der Waals surface area contributed by atoms with Gasteiger partial charge in [0, 0.05) is 37.6 Å². The first-order chi connectivity index (χ1) is 20.6. The third kappa shape index (κ3) is 5.10. The summed E-state index contributed by atoms with van der Waals surface area (Å²) in [4.78, 5) is 48.8. The van der Waals surface area contributed by atoms with E-state index in [2.05, 4.69) is 13.2 Å². The molecule has 3 saturated heterocycles. The van der Waals surface area contributed by atoms with E-state index in [0.717, 1.165) is 22.5 Å². The van der Waals surface area contributed by atoms with Gasteiger partial charge in [-0.3, -0.25) is 14.4 Å². The van der Waals surface area contributed by atoms with Crippen molar-refractivity contribution in [3.63, 3.8) is 0 Å². The standard InChI is InChI=1S/C35H43N3O5/c1-6-19-36(26-13-9-8-10-14-26)31(40)28-29-32(41)38(21-11-12-22-39)30(35(29)18-17-34(28,5)43-35)33(42)37(20-7-2)27-23-24(3)15-16-25(27)4/h6-10,13-16,23,28-30,39H,1-2,11-12,17-22H2,3-5H3/t28-,29-,30?,34+,35?/m0/s1. The fraction of sp³-hybridized carbons (Fsp3) is 0.457. The molecule has 1 spiro atoms. The van der Waals surface area contributed by atoms with Crippen molar-refractivity contribution in [3.8, 4) is 0 Å². The van der Waals surface area contributed by atoms with Gasteiger partial charge in [-0.25, -0.2) is 0 Å². The Morgan fingerprint density at radius 1 is 1.02 bits per heavy atom. The zero-order valence-electron chi connectivity index (χ0n) is 25.5. The van der Waals surface area contributed by atoms with Crippen molar-refractivity contribution in [2.45, 2.75) is 63.7 Å². The lowest BCUT2D eigenvalue weighted by atomic mass is 9.66. The molecule has 3 fully saturated rings. The highest BCUT2D eigenvalue weighted by Gasteiger charge is 2.78. The van der Waals surface area contributed by atoms with Crippen molar-refractivity contribution >= 4 is 29.1 Å². The number of aliphatic hydroxyl groups excluding tert-OH is 1. The number of benzene rings is 2. The van der Waals surface area contributed by atoms with E-state index < -0.39 is 29.1 Å². The average Bonchev–Trinajstić information content (AvgIpc) is 3.56. The van der Waals surface area contributed by atoms with Crippen molar-refractivity contribution in [3.05, 3.63) is 85.0 Å². The molecule has 228 valence electrons.